The predicted octanol–water partition coefficient (Wildman–Crippen LogP) is -0.345. The van der Waals surface area contributed by atoms with Gasteiger partial charge in [-0.05, 0) is 0 Å². The number of carboxylic acids is 1. The SMILES string of the molecule is COC1(OC)C(C)C1(CN)C(=O)O. The van der Waals surface area contributed by atoms with Gasteiger partial charge >= 0.3 is 5.97 Å². The summed E-state index contributed by atoms with van der Waals surface area (Å²) in [7, 11) is 2.86. The Balaban J connectivity index is 3.00. The molecule has 2 unspecified atom stereocenters. The molecule has 13 heavy (non-hydrogen) atoms. The lowest BCUT2D eigenvalue weighted by atomic mass is 10.0. The van der Waals surface area contributed by atoms with Crippen LogP contribution in [0.4, 0.5) is 0 Å². The Hall–Kier alpha value is -0.650. The lowest BCUT2D eigenvalue weighted by Gasteiger charge is -2.18. The van der Waals surface area contributed by atoms with Gasteiger partial charge < -0.3 is 20.3 Å². The molecular weight excluding hydrogens is 174 g/mol. The summed E-state index contributed by atoms with van der Waals surface area (Å²) >= 11 is 0. The third-order valence-electron chi connectivity index (χ3n) is 3.16. The van der Waals surface area contributed by atoms with Crippen LogP contribution in [0.15, 0.2) is 0 Å². The fourth-order valence-electron chi connectivity index (χ4n) is 2.21. The highest BCUT2D eigenvalue weighted by Crippen LogP contribution is 2.63. The van der Waals surface area contributed by atoms with Crippen molar-refractivity contribution in [2.75, 3.05) is 20.8 Å². The Morgan fingerprint density at radius 3 is 2.08 bits per heavy atom. The summed E-state index contributed by atoms with van der Waals surface area (Å²) in [6.45, 7) is 1.78. The first-order valence-corrected chi connectivity index (χ1v) is 4.07. The molecule has 2 atom stereocenters. The van der Waals surface area contributed by atoms with E-state index in [0.29, 0.717) is 0 Å². The highest BCUT2D eigenvalue weighted by Gasteiger charge is 2.81. The van der Waals surface area contributed by atoms with Crippen molar-refractivity contribution >= 4 is 5.97 Å². The molecule has 0 aromatic heterocycles. The van der Waals surface area contributed by atoms with E-state index in [1.807, 2.05) is 0 Å². The Bertz CT molecular complexity index is 226. The lowest BCUT2D eigenvalue weighted by Crippen LogP contribution is -2.36. The lowest BCUT2D eigenvalue weighted by molar-refractivity contribution is -0.177. The van der Waals surface area contributed by atoms with Gasteiger partial charge in [0.1, 0.15) is 5.41 Å². The topological polar surface area (TPSA) is 81.8 Å². The normalized spacial score (nSPS) is 35.8. The summed E-state index contributed by atoms with van der Waals surface area (Å²) in [6.07, 6.45) is 0. The predicted molar refractivity (Wildman–Crippen MR) is 45.0 cm³/mol. The first-order chi connectivity index (χ1) is 6.03. The van der Waals surface area contributed by atoms with Crippen LogP contribution >= 0.6 is 0 Å². The number of carbonyl (C=O) groups is 1. The summed E-state index contributed by atoms with van der Waals surface area (Å²) in [5.74, 6) is -2.24. The Labute approximate surface area is 76.8 Å². The van der Waals surface area contributed by atoms with Crippen molar-refractivity contribution in [2.24, 2.45) is 17.1 Å². The van der Waals surface area contributed by atoms with Crippen molar-refractivity contribution in [2.45, 2.75) is 12.7 Å². The summed E-state index contributed by atoms with van der Waals surface area (Å²) in [6, 6.07) is 0. The van der Waals surface area contributed by atoms with Crippen molar-refractivity contribution in [3.63, 3.8) is 0 Å². The van der Waals surface area contributed by atoms with Crippen LogP contribution < -0.4 is 5.73 Å². The molecule has 76 valence electrons. The van der Waals surface area contributed by atoms with Crippen LogP contribution in [0.25, 0.3) is 0 Å². The van der Waals surface area contributed by atoms with Gasteiger partial charge in [0, 0.05) is 26.7 Å². The standard InChI is InChI=1S/C8H15NO4/c1-5-7(4-9,6(10)11)8(5,12-2)13-3/h5H,4,9H2,1-3H3,(H,10,11). The zero-order valence-corrected chi connectivity index (χ0v) is 8.03. The van der Waals surface area contributed by atoms with Gasteiger partial charge in [0.05, 0.1) is 0 Å². The average Bonchev–Trinajstić information content (AvgIpc) is 2.66. The van der Waals surface area contributed by atoms with Gasteiger partial charge in [-0.25, -0.2) is 0 Å². The van der Waals surface area contributed by atoms with Crippen LogP contribution in [-0.2, 0) is 14.3 Å². The minimum atomic E-state index is -1.09. The van der Waals surface area contributed by atoms with Gasteiger partial charge in [-0.1, -0.05) is 6.92 Å². The third kappa shape index (κ3) is 0.892. The molecule has 1 rings (SSSR count). The fraction of sp³-hybridized carbons (Fsp3) is 0.875. The van der Waals surface area contributed by atoms with Gasteiger partial charge in [0.2, 0.25) is 0 Å². The van der Waals surface area contributed by atoms with E-state index in [-0.39, 0.29) is 12.5 Å². The molecule has 3 N–H and O–H groups in total. The van der Waals surface area contributed by atoms with Crippen LogP contribution in [0.2, 0.25) is 0 Å². The van der Waals surface area contributed by atoms with Gasteiger partial charge in [-0.3, -0.25) is 4.79 Å². The molecule has 5 heteroatoms. The van der Waals surface area contributed by atoms with Crippen molar-refractivity contribution in [3.05, 3.63) is 0 Å². The molecule has 0 bridgehead atoms. The summed E-state index contributed by atoms with van der Waals surface area (Å²) < 4.78 is 10.2. The van der Waals surface area contributed by atoms with Crippen molar-refractivity contribution in [1.82, 2.24) is 0 Å². The summed E-state index contributed by atoms with van der Waals surface area (Å²) in [5.41, 5.74) is 4.36. The molecule has 1 saturated carbocycles. The molecule has 0 aromatic carbocycles. The first-order valence-electron chi connectivity index (χ1n) is 4.07. The summed E-state index contributed by atoms with van der Waals surface area (Å²) in [5, 5.41) is 9.03. The second kappa shape index (κ2) is 2.94. The van der Waals surface area contributed by atoms with Gasteiger partial charge in [0.15, 0.2) is 5.79 Å². The van der Waals surface area contributed by atoms with E-state index >= 15 is 0 Å². The maximum atomic E-state index is 11.0. The largest absolute Gasteiger partial charge is 0.481 e. The maximum Gasteiger partial charge on any atom is 0.316 e. The number of ether oxygens (including phenoxy) is 2. The zero-order valence-electron chi connectivity index (χ0n) is 8.03. The minimum absolute atomic E-state index is 0.0190. The van der Waals surface area contributed by atoms with Gasteiger partial charge in [-0.15, -0.1) is 0 Å². The third-order valence-corrected chi connectivity index (χ3v) is 3.16. The van der Waals surface area contributed by atoms with Crippen LogP contribution in [0.1, 0.15) is 6.92 Å². The maximum absolute atomic E-state index is 11.0. The number of hydrogen-bond donors (Lipinski definition) is 2. The Kier molecular flexibility index (Phi) is 2.36. The zero-order chi connectivity index (χ0) is 10.3. The molecule has 0 heterocycles. The van der Waals surface area contributed by atoms with Crippen LogP contribution in [0.5, 0.6) is 0 Å². The van der Waals surface area contributed by atoms with E-state index in [1.165, 1.54) is 14.2 Å². The second-order valence-corrected chi connectivity index (χ2v) is 3.28. The van der Waals surface area contributed by atoms with E-state index < -0.39 is 17.2 Å². The quantitative estimate of drug-likeness (QED) is 0.591. The monoisotopic (exact) mass is 189 g/mol. The number of rotatable bonds is 4. The molecule has 0 saturated heterocycles. The first kappa shape index (κ1) is 10.4. The highest BCUT2D eigenvalue weighted by molar-refractivity contribution is 5.81. The Morgan fingerprint density at radius 1 is 1.54 bits per heavy atom. The molecule has 5 nitrogen and oxygen atoms in total. The van der Waals surface area contributed by atoms with E-state index in [4.69, 9.17) is 20.3 Å². The number of nitrogens with two attached hydrogens (primary N) is 1. The number of carboxylic acid groups (broad SMARTS) is 1. The molecule has 0 radical (unpaired) electrons. The van der Waals surface area contributed by atoms with Crippen LogP contribution in [0.3, 0.4) is 0 Å². The van der Waals surface area contributed by atoms with E-state index in [9.17, 15) is 4.79 Å². The molecule has 1 fully saturated rings. The highest BCUT2D eigenvalue weighted by atomic mass is 16.7. The van der Waals surface area contributed by atoms with Crippen molar-refractivity contribution in [1.29, 1.82) is 0 Å². The van der Waals surface area contributed by atoms with Crippen molar-refractivity contribution in [3.8, 4) is 0 Å². The molecule has 0 spiro atoms. The van der Waals surface area contributed by atoms with Gasteiger partial charge in [-0.2, -0.15) is 0 Å². The van der Waals surface area contributed by atoms with E-state index in [0.717, 1.165) is 0 Å². The molecule has 1 aliphatic rings. The second-order valence-electron chi connectivity index (χ2n) is 3.28. The minimum Gasteiger partial charge on any atom is -0.481 e. The summed E-state index contributed by atoms with van der Waals surface area (Å²) in [4.78, 5) is 11.0. The Morgan fingerprint density at radius 2 is 2.00 bits per heavy atom. The number of hydrogen-bond acceptors (Lipinski definition) is 4. The van der Waals surface area contributed by atoms with E-state index in [2.05, 4.69) is 0 Å². The van der Waals surface area contributed by atoms with Gasteiger partial charge in [0.25, 0.3) is 0 Å². The molecule has 0 amide bonds. The molecular formula is C8H15NO4. The number of aliphatic carboxylic acids is 1. The smallest absolute Gasteiger partial charge is 0.316 e. The number of methoxy groups -OCH3 is 2. The molecule has 1 aliphatic carbocycles. The van der Waals surface area contributed by atoms with Crippen molar-refractivity contribution < 1.29 is 19.4 Å². The van der Waals surface area contributed by atoms with Crippen LogP contribution in [-0.4, -0.2) is 37.6 Å². The fourth-order valence-corrected chi connectivity index (χ4v) is 2.21. The van der Waals surface area contributed by atoms with E-state index in [1.54, 1.807) is 6.92 Å². The average molecular weight is 189 g/mol. The van der Waals surface area contributed by atoms with Crippen LogP contribution in [0, 0.1) is 11.3 Å². The molecule has 0 aromatic rings. The molecule has 0 aliphatic heterocycles.